The molecule has 0 fully saturated rings. The van der Waals surface area contributed by atoms with Crippen molar-refractivity contribution in [1.29, 1.82) is 0 Å². The van der Waals surface area contributed by atoms with Gasteiger partial charge >= 0.3 is 0 Å². The first-order valence-corrected chi connectivity index (χ1v) is 4.16. The van der Waals surface area contributed by atoms with E-state index in [4.69, 9.17) is 16.3 Å². The molecule has 0 aliphatic carbocycles. The largest absolute Gasteiger partial charge is 0.399 e. The van der Waals surface area contributed by atoms with Gasteiger partial charge in [-0.3, -0.25) is 0 Å². The van der Waals surface area contributed by atoms with Crippen LogP contribution < -0.4 is 16.9 Å². The predicted octanol–water partition coefficient (Wildman–Crippen LogP) is 0.544. The van der Waals surface area contributed by atoms with Crippen LogP contribution in [0.3, 0.4) is 0 Å². The Hall–Kier alpha value is -1.26. The zero-order valence-corrected chi connectivity index (χ0v) is 7.71. The van der Waals surface area contributed by atoms with Crippen molar-refractivity contribution in [1.82, 2.24) is 5.48 Å². The maximum Gasteiger partial charge on any atom is 0.0723 e. The second-order valence-corrected chi connectivity index (χ2v) is 2.76. The van der Waals surface area contributed by atoms with Crippen LogP contribution in [0.1, 0.15) is 5.56 Å². The molecule has 1 rings (SSSR count). The third-order valence-electron chi connectivity index (χ3n) is 1.79. The first-order chi connectivity index (χ1) is 6.24. The molecule has 0 radical (unpaired) electrons. The van der Waals surface area contributed by atoms with Crippen LogP contribution >= 0.6 is 0 Å². The number of rotatable bonds is 4. The van der Waals surface area contributed by atoms with Crippen molar-refractivity contribution in [2.45, 2.75) is 6.42 Å². The second-order valence-electron chi connectivity index (χ2n) is 2.76. The highest BCUT2D eigenvalue weighted by Crippen LogP contribution is 2.15. The molecule has 1 aromatic rings. The van der Waals surface area contributed by atoms with Gasteiger partial charge in [0.2, 0.25) is 0 Å². The molecule has 0 aromatic heterocycles. The number of anilines is 2. The van der Waals surface area contributed by atoms with E-state index in [2.05, 4.69) is 5.48 Å². The summed E-state index contributed by atoms with van der Waals surface area (Å²) < 4.78 is 0. The number of hydrogen-bond acceptors (Lipinski definition) is 4. The molecule has 0 saturated heterocycles. The third kappa shape index (κ3) is 2.93. The first-order valence-electron chi connectivity index (χ1n) is 4.16. The van der Waals surface area contributed by atoms with Gasteiger partial charge in [0.15, 0.2) is 0 Å². The number of hydrogen-bond donors (Lipinski definition) is 3. The molecule has 0 unspecified atom stereocenters. The normalized spacial score (nSPS) is 10.2. The molecule has 5 N–H and O–H groups in total. The number of hydroxylamine groups is 1. The molecular formula is C9H15N3O. The summed E-state index contributed by atoms with van der Waals surface area (Å²) >= 11 is 0. The Balaban J connectivity index is 2.56. The Morgan fingerprint density at radius 1 is 1.38 bits per heavy atom. The Morgan fingerprint density at radius 2 is 2.15 bits per heavy atom. The highest BCUT2D eigenvalue weighted by Gasteiger charge is 1.98. The molecule has 1 aromatic carbocycles. The molecule has 0 aliphatic rings. The van der Waals surface area contributed by atoms with Crippen molar-refractivity contribution in [2.24, 2.45) is 0 Å². The molecule has 0 amide bonds. The van der Waals surface area contributed by atoms with Gasteiger partial charge in [-0.2, -0.15) is 0 Å². The molecule has 0 atom stereocenters. The quantitative estimate of drug-likeness (QED) is 0.360. The number of nitrogen functional groups attached to an aromatic ring is 2. The molecule has 4 heteroatoms. The first kappa shape index (κ1) is 9.83. The summed E-state index contributed by atoms with van der Waals surface area (Å²) in [5, 5.41) is 0. The monoisotopic (exact) mass is 181 g/mol. The Kier molecular flexibility index (Phi) is 3.54. The van der Waals surface area contributed by atoms with Gasteiger partial charge in [0, 0.05) is 18.4 Å². The fourth-order valence-corrected chi connectivity index (χ4v) is 1.10. The van der Waals surface area contributed by atoms with Crippen LogP contribution in [0, 0.1) is 0 Å². The lowest BCUT2D eigenvalue weighted by molar-refractivity contribution is 0.0604. The van der Waals surface area contributed by atoms with Crippen LogP contribution in [-0.4, -0.2) is 13.7 Å². The van der Waals surface area contributed by atoms with Crippen molar-refractivity contribution in [3.8, 4) is 0 Å². The molecule has 0 bridgehead atoms. The van der Waals surface area contributed by atoms with Gasteiger partial charge in [-0.25, -0.2) is 5.48 Å². The lowest BCUT2D eigenvalue weighted by Gasteiger charge is -2.06. The maximum absolute atomic E-state index is 5.75. The van der Waals surface area contributed by atoms with Gasteiger partial charge in [-0.05, 0) is 24.1 Å². The summed E-state index contributed by atoms with van der Waals surface area (Å²) in [6.45, 7) is 0.602. The van der Waals surface area contributed by atoms with Gasteiger partial charge in [0.1, 0.15) is 0 Å². The summed E-state index contributed by atoms with van der Waals surface area (Å²) in [7, 11) is 1.73. The summed E-state index contributed by atoms with van der Waals surface area (Å²) in [4.78, 5) is 4.99. The van der Waals surface area contributed by atoms with E-state index in [1.165, 1.54) is 0 Å². The Bertz CT molecular complexity index is 276. The Morgan fingerprint density at radius 3 is 2.77 bits per heavy atom. The van der Waals surface area contributed by atoms with Gasteiger partial charge in [0.25, 0.3) is 0 Å². The average Bonchev–Trinajstić information content (AvgIpc) is 2.09. The topological polar surface area (TPSA) is 73.3 Å². The second kappa shape index (κ2) is 4.69. The molecule has 0 heterocycles. The van der Waals surface area contributed by atoms with Gasteiger partial charge in [-0.15, -0.1) is 0 Å². The smallest absolute Gasteiger partial charge is 0.0723 e. The van der Waals surface area contributed by atoms with Crippen molar-refractivity contribution in [3.05, 3.63) is 23.8 Å². The summed E-state index contributed by atoms with van der Waals surface area (Å²) in [6.07, 6.45) is 0.785. The maximum atomic E-state index is 5.75. The number of benzene rings is 1. The van der Waals surface area contributed by atoms with Crippen molar-refractivity contribution >= 4 is 11.4 Å². The third-order valence-corrected chi connectivity index (χ3v) is 1.79. The summed E-state index contributed by atoms with van der Waals surface area (Å²) in [6, 6.07) is 5.52. The van der Waals surface area contributed by atoms with E-state index >= 15 is 0 Å². The molecule has 0 aliphatic heterocycles. The summed E-state index contributed by atoms with van der Waals surface area (Å²) in [5.74, 6) is 0. The van der Waals surface area contributed by atoms with Crippen molar-refractivity contribution in [3.63, 3.8) is 0 Å². The van der Waals surface area contributed by atoms with Gasteiger partial charge < -0.3 is 16.3 Å². The zero-order valence-electron chi connectivity index (χ0n) is 7.71. The minimum Gasteiger partial charge on any atom is -0.399 e. The van der Waals surface area contributed by atoms with Gasteiger partial charge in [0.05, 0.1) is 6.61 Å². The van der Waals surface area contributed by atoms with Crippen LogP contribution in [0.4, 0.5) is 11.4 Å². The van der Waals surface area contributed by atoms with E-state index in [-0.39, 0.29) is 0 Å². The van der Waals surface area contributed by atoms with Gasteiger partial charge in [-0.1, -0.05) is 6.07 Å². The summed E-state index contributed by atoms with van der Waals surface area (Å²) in [5.41, 5.74) is 16.4. The van der Waals surface area contributed by atoms with E-state index < -0.39 is 0 Å². The molecule has 72 valence electrons. The lowest BCUT2D eigenvalue weighted by Crippen LogP contribution is -2.10. The van der Waals surface area contributed by atoms with Crippen molar-refractivity contribution < 1.29 is 4.84 Å². The zero-order chi connectivity index (χ0) is 9.68. The van der Waals surface area contributed by atoms with Crippen LogP contribution in [0.25, 0.3) is 0 Å². The highest BCUT2D eigenvalue weighted by molar-refractivity contribution is 5.56. The fourth-order valence-electron chi connectivity index (χ4n) is 1.10. The van der Waals surface area contributed by atoms with E-state index in [0.717, 1.165) is 17.7 Å². The molecule has 13 heavy (non-hydrogen) atoms. The van der Waals surface area contributed by atoms with E-state index in [0.29, 0.717) is 12.3 Å². The van der Waals surface area contributed by atoms with E-state index in [1.807, 2.05) is 12.1 Å². The highest BCUT2D eigenvalue weighted by atomic mass is 16.6. The van der Waals surface area contributed by atoms with E-state index in [9.17, 15) is 0 Å². The van der Waals surface area contributed by atoms with Crippen LogP contribution in [0.5, 0.6) is 0 Å². The SMILES string of the molecule is CNOCCc1ccc(N)cc1N. The molecular weight excluding hydrogens is 166 g/mol. The Labute approximate surface area is 77.8 Å². The average molecular weight is 181 g/mol. The van der Waals surface area contributed by atoms with Crippen LogP contribution in [-0.2, 0) is 11.3 Å². The lowest BCUT2D eigenvalue weighted by atomic mass is 10.1. The fraction of sp³-hybridized carbons (Fsp3) is 0.333. The van der Waals surface area contributed by atoms with Crippen LogP contribution in [0.15, 0.2) is 18.2 Å². The molecule has 0 spiro atoms. The minimum atomic E-state index is 0.602. The minimum absolute atomic E-state index is 0.602. The van der Waals surface area contributed by atoms with Crippen molar-refractivity contribution in [2.75, 3.05) is 25.1 Å². The molecule has 0 saturated carbocycles. The van der Waals surface area contributed by atoms with Crippen LogP contribution in [0.2, 0.25) is 0 Å². The predicted molar refractivity (Wildman–Crippen MR) is 54.0 cm³/mol. The van der Waals surface area contributed by atoms with E-state index in [1.54, 1.807) is 13.1 Å². The number of nitrogens with one attached hydrogen (secondary N) is 1. The number of nitrogens with two attached hydrogens (primary N) is 2. The standard InChI is InChI=1S/C9H15N3O/c1-12-13-5-4-7-2-3-8(10)6-9(7)11/h2-3,6,12H,4-5,10-11H2,1H3. The molecule has 4 nitrogen and oxygen atoms in total.